The van der Waals surface area contributed by atoms with Crippen LogP contribution in [0.5, 0.6) is 0 Å². The fourth-order valence-corrected chi connectivity index (χ4v) is 2.29. The van der Waals surface area contributed by atoms with Crippen LogP contribution in [0.15, 0.2) is 0 Å². The molecule has 78 valence electrons. The van der Waals surface area contributed by atoms with E-state index in [2.05, 4.69) is 33.0 Å². The Morgan fingerprint density at radius 1 is 1.38 bits per heavy atom. The number of halogens is 1. The maximum atomic E-state index is 6.17. The highest BCUT2D eigenvalue weighted by Crippen LogP contribution is 2.44. The smallest absolute Gasteiger partial charge is 0.0416 e. The highest BCUT2D eigenvalue weighted by Gasteiger charge is 2.47. The van der Waals surface area contributed by atoms with Gasteiger partial charge in [-0.1, -0.05) is 27.7 Å². The largest absolute Gasteiger partial charge is 0.311 e. The molecule has 0 aromatic heterocycles. The molecule has 0 aromatic rings. The summed E-state index contributed by atoms with van der Waals surface area (Å²) >= 11 is 6.17. The fraction of sp³-hybridized carbons (Fsp3) is 1.00. The molecular formula is C11H22ClN. The summed E-state index contributed by atoms with van der Waals surface area (Å²) in [5.74, 6) is 0. The van der Waals surface area contributed by atoms with E-state index in [9.17, 15) is 0 Å². The van der Waals surface area contributed by atoms with Gasteiger partial charge < -0.3 is 5.32 Å². The van der Waals surface area contributed by atoms with E-state index in [1.54, 1.807) is 0 Å². The van der Waals surface area contributed by atoms with Gasteiger partial charge in [-0.15, -0.1) is 11.6 Å². The molecule has 1 aliphatic carbocycles. The lowest BCUT2D eigenvalue weighted by atomic mass is 9.66. The van der Waals surface area contributed by atoms with Crippen LogP contribution in [0.2, 0.25) is 0 Å². The molecule has 0 amide bonds. The summed E-state index contributed by atoms with van der Waals surface area (Å²) in [5, 5.41) is 4.05. The van der Waals surface area contributed by atoms with Crippen molar-refractivity contribution < 1.29 is 0 Å². The molecule has 2 atom stereocenters. The summed E-state index contributed by atoms with van der Waals surface area (Å²) in [4.78, 5) is 0. The van der Waals surface area contributed by atoms with Gasteiger partial charge in [0.25, 0.3) is 0 Å². The molecule has 1 N–H and O–H groups in total. The highest BCUT2D eigenvalue weighted by molar-refractivity contribution is 6.21. The van der Waals surface area contributed by atoms with E-state index < -0.39 is 0 Å². The Morgan fingerprint density at radius 3 is 2.23 bits per heavy atom. The number of alkyl halides is 1. The van der Waals surface area contributed by atoms with Gasteiger partial charge in [-0.05, 0) is 24.7 Å². The van der Waals surface area contributed by atoms with Gasteiger partial charge in [0.1, 0.15) is 0 Å². The Labute approximate surface area is 87.2 Å². The van der Waals surface area contributed by atoms with Gasteiger partial charge in [-0.3, -0.25) is 0 Å². The van der Waals surface area contributed by atoms with Gasteiger partial charge in [-0.25, -0.2) is 0 Å². The molecule has 0 aromatic carbocycles. The Morgan fingerprint density at radius 2 is 1.92 bits per heavy atom. The van der Waals surface area contributed by atoms with E-state index in [0.29, 0.717) is 17.5 Å². The topological polar surface area (TPSA) is 12.0 Å². The molecule has 0 spiro atoms. The first kappa shape index (κ1) is 11.3. The van der Waals surface area contributed by atoms with Crippen molar-refractivity contribution in [2.24, 2.45) is 5.41 Å². The normalized spacial score (nSPS) is 31.8. The van der Waals surface area contributed by atoms with Gasteiger partial charge in [0.05, 0.1) is 0 Å². The third-order valence-corrected chi connectivity index (χ3v) is 4.31. The van der Waals surface area contributed by atoms with Gasteiger partial charge in [-0.2, -0.15) is 0 Å². The second-order valence-corrected chi connectivity index (χ2v) is 5.28. The van der Waals surface area contributed by atoms with Crippen molar-refractivity contribution in [2.45, 2.75) is 64.4 Å². The Hall–Kier alpha value is 0.250. The highest BCUT2D eigenvalue weighted by atomic mass is 35.5. The molecular weight excluding hydrogens is 182 g/mol. The SMILES string of the molecule is CCC(CC)NC1CC(Cl)C1(C)C. The summed E-state index contributed by atoms with van der Waals surface area (Å²) in [7, 11) is 0. The quantitative estimate of drug-likeness (QED) is 0.693. The molecule has 0 aliphatic heterocycles. The molecule has 13 heavy (non-hydrogen) atoms. The van der Waals surface area contributed by atoms with Crippen LogP contribution in [0, 0.1) is 5.41 Å². The molecule has 2 heteroatoms. The lowest BCUT2D eigenvalue weighted by Gasteiger charge is -2.50. The monoisotopic (exact) mass is 203 g/mol. The summed E-state index contributed by atoms with van der Waals surface area (Å²) in [6.07, 6.45) is 3.57. The third-order valence-electron chi connectivity index (χ3n) is 3.57. The van der Waals surface area contributed by atoms with Gasteiger partial charge in [0.2, 0.25) is 0 Å². The minimum Gasteiger partial charge on any atom is -0.311 e. The number of hydrogen-bond donors (Lipinski definition) is 1. The molecule has 1 rings (SSSR count). The molecule has 1 fully saturated rings. The molecule has 0 heterocycles. The molecule has 1 nitrogen and oxygen atoms in total. The zero-order valence-electron chi connectivity index (χ0n) is 9.23. The van der Waals surface area contributed by atoms with Crippen LogP contribution in [0.25, 0.3) is 0 Å². The molecule has 2 unspecified atom stereocenters. The van der Waals surface area contributed by atoms with Crippen LogP contribution in [-0.4, -0.2) is 17.5 Å². The Balaban J connectivity index is 2.39. The van der Waals surface area contributed by atoms with Crippen molar-refractivity contribution in [1.82, 2.24) is 5.32 Å². The predicted octanol–water partition coefficient (Wildman–Crippen LogP) is 3.17. The molecule has 1 saturated carbocycles. The second-order valence-electron chi connectivity index (χ2n) is 4.76. The predicted molar refractivity (Wildman–Crippen MR) is 59.3 cm³/mol. The van der Waals surface area contributed by atoms with Crippen LogP contribution in [-0.2, 0) is 0 Å². The Kier molecular flexibility index (Phi) is 3.64. The van der Waals surface area contributed by atoms with Gasteiger partial charge in [0.15, 0.2) is 0 Å². The van der Waals surface area contributed by atoms with Gasteiger partial charge >= 0.3 is 0 Å². The summed E-state index contributed by atoms with van der Waals surface area (Å²) in [5.41, 5.74) is 0.282. The Bertz CT molecular complexity index is 163. The van der Waals surface area contributed by atoms with Gasteiger partial charge in [0, 0.05) is 17.5 Å². The summed E-state index contributed by atoms with van der Waals surface area (Å²) in [6.45, 7) is 9.00. The minimum absolute atomic E-state index is 0.282. The van der Waals surface area contributed by atoms with E-state index in [1.807, 2.05) is 0 Å². The molecule has 0 radical (unpaired) electrons. The average molecular weight is 204 g/mol. The van der Waals surface area contributed by atoms with Crippen LogP contribution < -0.4 is 5.32 Å². The lowest BCUT2D eigenvalue weighted by molar-refractivity contribution is 0.103. The maximum absolute atomic E-state index is 6.17. The number of hydrogen-bond acceptors (Lipinski definition) is 1. The second kappa shape index (κ2) is 4.18. The van der Waals surface area contributed by atoms with E-state index in [1.165, 1.54) is 12.8 Å². The third kappa shape index (κ3) is 2.19. The van der Waals surface area contributed by atoms with Crippen molar-refractivity contribution >= 4 is 11.6 Å². The molecule has 1 aliphatic rings. The van der Waals surface area contributed by atoms with E-state index in [4.69, 9.17) is 11.6 Å². The lowest BCUT2D eigenvalue weighted by Crippen LogP contribution is -2.59. The van der Waals surface area contributed by atoms with E-state index in [0.717, 1.165) is 6.42 Å². The molecule has 0 saturated heterocycles. The maximum Gasteiger partial charge on any atom is 0.0416 e. The van der Waals surface area contributed by atoms with E-state index >= 15 is 0 Å². The van der Waals surface area contributed by atoms with Crippen LogP contribution in [0.1, 0.15) is 47.0 Å². The summed E-state index contributed by atoms with van der Waals surface area (Å²) in [6, 6.07) is 1.30. The van der Waals surface area contributed by atoms with Crippen LogP contribution in [0.3, 0.4) is 0 Å². The molecule has 0 bridgehead atoms. The standard InChI is InChI=1S/C11H22ClN/c1-5-8(6-2)13-10-7-9(12)11(10,3)4/h8-10,13H,5-7H2,1-4H3. The summed E-state index contributed by atoms with van der Waals surface area (Å²) < 4.78 is 0. The minimum atomic E-state index is 0.282. The zero-order chi connectivity index (χ0) is 10.1. The first-order chi connectivity index (χ1) is 6.02. The fourth-order valence-electron chi connectivity index (χ4n) is 1.96. The van der Waals surface area contributed by atoms with Crippen LogP contribution >= 0.6 is 11.6 Å². The van der Waals surface area contributed by atoms with Crippen molar-refractivity contribution in [2.75, 3.05) is 0 Å². The van der Waals surface area contributed by atoms with Crippen molar-refractivity contribution in [1.29, 1.82) is 0 Å². The van der Waals surface area contributed by atoms with E-state index in [-0.39, 0.29) is 5.41 Å². The van der Waals surface area contributed by atoms with Crippen molar-refractivity contribution in [3.8, 4) is 0 Å². The zero-order valence-corrected chi connectivity index (χ0v) is 9.99. The average Bonchev–Trinajstić information content (AvgIpc) is 2.12. The van der Waals surface area contributed by atoms with Crippen molar-refractivity contribution in [3.05, 3.63) is 0 Å². The number of rotatable bonds is 4. The first-order valence-electron chi connectivity index (χ1n) is 5.42. The number of nitrogens with one attached hydrogen (secondary N) is 1. The first-order valence-corrected chi connectivity index (χ1v) is 5.86. The van der Waals surface area contributed by atoms with Crippen LogP contribution in [0.4, 0.5) is 0 Å². The van der Waals surface area contributed by atoms with Crippen molar-refractivity contribution in [3.63, 3.8) is 0 Å².